The Bertz CT molecular complexity index is 477. The third-order valence-electron chi connectivity index (χ3n) is 1.63. The number of ether oxygens (including phenoxy) is 1. The van der Waals surface area contributed by atoms with Crippen molar-refractivity contribution in [1.29, 1.82) is 0 Å². The van der Waals surface area contributed by atoms with Crippen molar-refractivity contribution in [3.63, 3.8) is 0 Å². The van der Waals surface area contributed by atoms with Crippen LogP contribution in [0.2, 0.25) is 0 Å². The highest BCUT2D eigenvalue weighted by molar-refractivity contribution is 9.10. The summed E-state index contributed by atoms with van der Waals surface area (Å²) in [5.41, 5.74) is 2.42. The zero-order chi connectivity index (χ0) is 11.4. The first-order chi connectivity index (χ1) is 7.78. The lowest BCUT2D eigenvalue weighted by Crippen LogP contribution is -2.05. The molecular formula is C8H8BrN5OS. The first kappa shape index (κ1) is 11.2. The number of hydrazine groups is 1. The highest BCUT2D eigenvalue weighted by Crippen LogP contribution is 2.19. The molecule has 0 atom stereocenters. The highest BCUT2D eigenvalue weighted by atomic mass is 79.9. The van der Waals surface area contributed by atoms with E-state index < -0.39 is 0 Å². The van der Waals surface area contributed by atoms with E-state index in [0.29, 0.717) is 17.5 Å². The molecule has 8 heteroatoms. The predicted octanol–water partition coefficient (Wildman–Crippen LogP) is 1.56. The van der Waals surface area contributed by atoms with Gasteiger partial charge in [0.1, 0.15) is 12.4 Å². The monoisotopic (exact) mass is 301 g/mol. The second-order valence-corrected chi connectivity index (χ2v) is 4.75. The third-order valence-corrected chi connectivity index (χ3v) is 2.89. The molecule has 2 aromatic heterocycles. The van der Waals surface area contributed by atoms with Gasteiger partial charge >= 0.3 is 0 Å². The van der Waals surface area contributed by atoms with Crippen molar-refractivity contribution in [3.8, 4) is 5.75 Å². The van der Waals surface area contributed by atoms with Crippen LogP contribution in [-0.4, -0.2) is 15.2 Å². The summed E-state index contributed by atoms with van der Waals surface area (Å²) in [5, 5.41) is 8.99. The molecule has 0 bridgehead atoms. The van der Waals surface area contributed by atoms with Crippen LogP contribution in [0.3, 0.4) is 0 Å². The zero-order valence-corrected chi connectivity index (χ0v) is 10.5. The van der Waals surface area contributed by atoms with Gasteiger partial charge in [-0.3, -0.25) is 10.4 Å². The summed E-state index contributed by atoms with van der Waals surface area (Å²) in [5.74, 6) is 5.86. The van der Waals surface area contributed by atoms with Gasteiger partial charge in [-0.05, 0) is 22.0 Å². The molecule has 0 amide bonds. The SMILES string of the molecule is NNc1nnc(COc2cncc(Br)c2)s1. The van der Waals surface area contributed by atoms with Gasteiger partial charge in [-0.2, -0.15) is 0 Å². The quantitative estimate of drug-likeness (QED) is 0.658. The van der Waals surface area contributed by atoms with Gasteiger partial charge in [0.25, 0.3) is 0 Å². The average molecular weight is 302 g/mol. The Labute approximate surface area is 104 Å². The number of hydrogen-bond donors (Lipinski definition) is 2. The van der Waals surface area contributed by atoms with Gasteiger partial charge < -0.3 is 4.74 Å². The van der Waals surface area contributed by atoms with Crippen molar-refractivity contribution in [1.82, 2.24) is 15.2 Å². The van der Waals surface area contributed by atoms with Gasteiger partial charge in [-0.25, -0.2) is 5.84 Å². The van der Waals surface area contributed by atoms with Gasteiger partial charge in [0, 0.05) is 10.7 Å². The van der Waals surface area contributed by atoms with Gasteiger partial charge in [-0.1, -0.05) is 11.3 Å². The molecule has 2 rings (SSSR count). The number of nitrogens with two attached hydrogens (primary N) is 1. The van der Waals surface area contributed by atoms with Crippen LogP contribution in [0.5, 0.6) is 5.75 Å². The molecule has 0 unspecified atom stereocenters. The fourth-order valence-corrected chi connectivity index (χ4v) is 1.89. The number of rotatable bonds is 4. The lowest BCUT2D eigenvalue weighted by atomic mass is 10.5. The fourth-order valence-electron chi connectivity index (χ4n) is 0.987. The van der Waals surface area contributed by atoms with Crippen LogP contribution < -0.4 is 16.0 Å². The van der Waals surface area contributed by atoms with Crippen molar-refractivity contribution in [2.24, 2.45) is 5.84 Å². The van der Waals surface area contributed by atoms with E-state index in [9.17, 15) is 0 Å². The molecule has 3 N–H and O–H groups in total. The summed E-state index contributed by atoms with van der Waals surface area (Å²) in [6.45, 7) is 0.345. The molecule has 0 saturated carbocycles. The lowest BCUT2D eigenvalue weighted by molar-refractivity contribution is 0.303. The zero-order valence-electron chi connectivity index (χ0n) is 8.05. The van der Waals surface area contributed by atoms with E-state index in [1.807, 2.05) is 6.07 Å². The number of nitrogen functional groups attached to an aromatic ring is 1. The maximum atomic E-state index is 5.48. The molecule has 84 valence electrons. The van der Waals surface area contributed by atoms with Crippen LogP contribution in [0.4, 0.5) is 5.13 Å². The summed E-state index contributed by atoms with van der Waals surface area (Å²) in [7, 11) is 0. The molecule has 0 aliphatic heterocycles. The summed E-state index contributed by atoms with van der Waals surface area (Å²) in [4.78, 5) is 3.98. The second-order valence-electron chi connectivity index (χ2n) is 2.77. The Hall–Kier alpha value is -1.25. The molecule has 0 radical (unpaired) electrons. The van der Waals surface area contributed by atoms with Crippen molar-refractivity contribution in [3.05, 3.63) is 27.9 Å². The van der Waals surface area contributed by atoms with E-state index in [1.165, 1.54) is 11.3 Å². The maximum Gasteiger partial charge on any atom is 0.219 e. The van der Waals surface area contributed by atoms with Gasteiger partial charge in [-0.15, -0.1) is 10.2 Å². The molecule has 0 saturated heterocycles. The molecule has 0 spiro atoms. The lowest BCUT2D eigenvalue weighted by Gasteiger charge is -2.02. The minimum atomic E-state index is 0.345. The normalized spacial score (nSPS) is 10.1. The highest BCUT2D eigenvalue weighted by Gasteiger charge is 2.03. The molecule has 0 aliphatic carbocycles. The van der Waals surface area contributed by atoms with E-state index in [1.54, 1.807) is 12.4 Å². The van der Waals surface area contributed by atoms with Crippen LogP contribution in [-0.2, 0) is 6.61 Å². The van der Waals surface area contributed by atoms with Crippen molar-refractivity contribution >= 4 is 32.4 Å². The molecule has 6 nitrogen and oxygen atoms in total. The molecule has 0 aromatic carbocycles. The molecular weight excluding hydrogens is 294 g/mol. The predicted molar refractivity (Wildman–Crippen MR) is 64.0 cm³/mol. The van der Waals surface area contributed by atoms with E-state index in [0.717, 1.165) is 9.48 Å². The van der Waals surface area contributed by atoms with Gasteiger partial charge in [0.05, 0.1) is 6.20 Å². The smallest absolute Gasteiger partial charge is 0.219 e. The minimum Gasteiger partial charge on any atom is -0.485 e. The summed E-state index contributed by atoms with van der Waals surface area (Å²) >= 11 is 4.65. The Balaban J connectivity index is 1.96. The Kier molecular flexibility index (Phi) is 3.65. The maximum absolute atomic E-state index is 5.48. The molecule has 2 aromatic rings. The number of halogens is 1. The van der Waals surface area contributed by atoms with Crippen molar-refractivity contribution in [2.45, 2.75) is 6.61 Å². The first-order valence-electron chi connectivity index (χ1n) is 4.30. The van der Waals surface area contributed by atoms with E-state index >= 15 is 0 Å². The van der Waals surface area contributed by atoms with E-state index in [4.69, 9.17) is 10.6 Å². The van der Waals surface area contributed by atoms with E-state index in [-0.39, 0.29) is 0 Å². The number of nitrogens with zero attached hydrogens (tertiary/aromatic N) is 3. The van der Waals surface area contributed by atoms with Crippen LogP contribution in [0, 0.1) is 0 Å². The molecule has 0 aliphatic rings. The second kappa shape index (κ2) is 5.19. The van der Waals surface area contributed by atoms with Crippen LogP contribution >= 0.6 is 27.3 Å². The van der Waals surface area contributed by atoms with Crippen molar-refractivity contribution < 1.29 is 4.74 Å². The molecule has 16 heavy (non-hydrogen) atoms. The summed E-state index contributed by atoms with van der Waals surface area (Å²) in [6.07, 6.45) is 3.32. The van der Waals surface area contributed by atoms with E-state index in [2.05, 4.69) is 36.5 Å². The summed E-state index contributed by atoms with van der Waals surface area (Å²) < 4.78 is 6.34. The standard InChI is InChI=1S/C8H8BrN5OS/c9-5-1-6(3-11-2-5)15-4-7-13-14-8(12-10)16-7/h1-3H,4,10H2,(H,12,14). The van der Waals surface area contributed by atoms with Gasteiger partial charge in [0.2, 0.25) is 5.13 Å². The van der Waals surface area contributed by atoms with Gasteiger partial charge in [0.15, 0.2) is 5.01 Å². The molecule has 0 fully saturated rings. The minimum absolute atomic E-state index is 0.345. The Morgan fingerprint density at radius 1 is 1.44 bits per heavy atom. The number of nitrogens with one attached hydrogen (secondary N) is 1. The first-order valence-corrected chi connectivity index (χ1v) is 5.91. The number of aromatic nitrogens is 3. The van der Waals surface area contributed by atoms with Crippen LogP contribution in [0.15, 0.2) is 22.9 Å². The third kappa shape index (κ3) is 2.87. The summed E-state index contributed by atoms with van der Waals surface area (Å²) in [6, 6.07) is 1.83. The Morgan fingerprint density at radius 3 is 3.00 bits per heavy atom. The number of anilines is 1. The average Bonchev–Trinajstić information content (AvgIpc) is 2.74. The fraction of sp³-hybridized carbons (Fsp3) is 0.125. The number of pyridine rings is 1. The Morgan fingerprint density at radius 2 is 2.31 bits per heavy atom. The van der Waals surface area contributed by atoms with Crippen LogP contribution in [0.25, 0.3) is 0 Å². The largest absolute Gasteiger partial charge is 0.485 e. The van der Waals surface area contributed by atoms with Crippen molar-refractivity contribution in [2.75, 3.05) is 5.43 Å². The van der Waals surface area contributed by atoms with Crippen LogP contribution in [0.1, 0.15) is 5.01 Å². The topological polar surface area (TPSA) is 86.0 Å². The number of hydrogen-bond acceptors (Lipinski definition) is 7. The molecule has 2 heterocycles.